The number of amides is 2. The second kappa shape index (κ2) is 7.96. The number of hydrogen-bond donors (Lipinski definition) is 1. The Kier molecular flexibility index (Phi) is 5.88. The minimum absolute atomic E-state index is 0.0208. The van der Waals surface area contributed by atoms with Gasteiger partial charge in [-0.1, -0.05) is 20.8 Å². The number of nitrogens with zero attached hydrogens (tertiary/aromatic N) is 1. The van der Waals surface area contributed by atoms with E-state index in [4.69, 9.17) is 8.61 Å². The van der Waals surface area contributed by atoms with Gasteiger partial charge in [-0.2, -0.15) is 8.42 Å². The molecule has 2 aromatic carbocycles. The third-order valence-electron chi connectivity index (χ3n) is 5.50. The molecule has 3 rings (SSSR count). The highest BCUT2D eigenvalue weighted by molar-refractivity contribution is 7.87. The highest BCUT2D eigenvalue weighted by Crippen LogP contribution is 2.37. The normalized spacial score (nSPS) is 15.1. The molecule has 30 heavy (non-hydrogen) atoms. The number of rotatable bonds is 6. The van der Waals surface area contributed by atoms with Crippen molar-refractivity contribution in [2.24, 2.45) is 0 Å². The summed E-state index contributed by atoms with van der Waals surface area (Å²) in [5.41, 5.74) is 0.635. The van der Waals surface area contributed by atoms with E-state index in [1.54, 1.807) is 41.3 Å². The number of hydrogen-bond acceptors (Lipinski definition) is 5. The maximum atomic E-state index is 12.6. The van der Waals surface area contributed by atoms with E-state index in [1.807, 2.05) is 0 Å². The first-order chi connectivity index (χ1) is 13.9. The summed E-state index contributed by atoms with van der Waals surface area (Å²) in [4.78, 5) is 13.3. The smallest absolute Gasteiger partial charge is 0.339 e. The molecule has 7 nitrogen and oxygen atoms in total. The third-order valence-corrected chi connectivity index (χ3v) is 11.1. The van der Waals surface area contributed by atoms with Gasteiger partial charge in [0, 0.05) is 18.8 Å². The standard InChI is InChI=1S/C21H28N2O5SSi/c1-21(2,3)30(4,5)28-18-10-8-17(9-11-18)27-29(25,26)19-12-6-16(7-13-19)23-15-14-22-20(23)24/h6-13H,14-15H2,1-5H3,(H,22,24). The second-order valence-corrected chi connectivity index (χ2v) is 15.0. The predicted molar refractivity (Wildman–Crippen MR) is 119 cm³/mol. The summed E-state index contributed by atoms with van der Waals surface area (Å²) < 4.78 is 36.7. The van der Waals surface area contributed by atoms with Gasteiger partial charge in [0.25, 0.3) is 0 Å². The Labute approximate surface area is 179 Å². The van der Waals surface area contributed by atoms with Crippen molar-refractivity contribution in [2.45, 2.75) is 43.8 Å². The number of carbonyl (C=O) groups is 1. The van der Waals surface area contributed by atoms with Crippen LogP contribution in [0.1, 0.15) is 20.8 Å². The van der Waals surface area contributed by atoms with Crippen molar-refractivity contribution < 1.29 is 21.8 Å². The summed E-state index contributed by atoms with van der Waals surface area (Å²) in [6.07, 6.45) is 0. The van der Waals surface area contributed by atoms with Crippen LogP contribution in [0.4, 0.5) is 10.5 Å². The van der Waals surface area contributed by atoms with Crippen LogP contribution < -0.4 is 18.8 Å². The van der Waals surface area contributed by atoms with E-state index in [2.05, 4.69) is 39.2 Å². The first-order valence-corrected chi connectivity index (χ1v) is 14.1. The van der Waals surface area contributed by atoms with Crippen molar-refractivity contribution in [1.82, 2.24) is 5.32 Å². The maximum absolute atomic E-state index is 12.6. The molecule has 9 heteroatoms. The van der Waals surface area contributed by atoms with Crippen molar-refractivity contribution in [3.05, 3.63) is 48.5 Å². The quantitative estimate of drug-likeness (QED) is 0.524. The zero-order chi connectivity index (χ0) is 22.2. The fraction of sp³-hybridized carbons (Fsp3) is 0.381. The number of nitrogens with one attached hydrogen (secondary N) is 1. The van der Waals surface area contributed by atoms with Crippen LogP contribution in [-0.2, 0) is 10.1 Å². The van der Waals surface area contributed by atoms with Gasteiger partial charge in [0.1, 0.15) is 16.4 Å². The molecule has 0 radical (unpaired) electrons. The van der Waals surface area contributed by atoms with Gasteiger partial charge in [-0.25, -0.2) is 4.79 Å². The molecule has 1 fully saturated rings. The molecule has 0 aromatic heterocycles. The van der Waals surface area contributed by atoms with Crippen LogP contribution in [0.5, 0.6) is 11.5 Å². The molecule has 0 atom stereocenters. The summed E-state index contributed by atoms with van der Waals surface area (Å²) in [6, 6.07) is 12.5. The van der Waals surface area contributed by atoms with E-state index >= 15 is 0 Å². The largest absolute Gasteiger partial charge is 0.543 e. The summed E-state index contributed by atoms with van der Waals surface area (Å²) in [6.45, 7) is 11.9. The Morgan fingerprint density at radius 3 is 2.03 bits per heavy atom. The summed E-state index contributed by atoms with van der Waals surface area (Å²) in [7, 11) is -5.97. The lowest BCUT2D eigenvalue weighted by Gasteiger charge is -2.36. The van der Waals surface area contributed by atoms with E-state index in [1.165, 1.54) is 12.1 Å². The molecule has 0 saturated carbocycles. The Hall–Kier alpha value is -2.52. The lowest BCUT2D eigenvalue weighted by Crippen LogP contribution is -2.43. The molecule has 1 aliphatic rings. The first kappa shape index (κ1) is 22.2. The Morgan fingerprint density at radius 1 is 0.967 bits per heavy atom. The van der Waals surface area contributed by atoms with Crippen LogP contribution in [0.15, 0.2) is 53.4 Å². The van der Waals surface area contributed by atoms with Gasteiger partial charge in [0.15, 0.2) is 0 Å². The highest BCUT2D eigenvalue weighted by Gasteiger charge is 2.39. The number of anilines is 1. The molecule has 0 aliphatic carbocycles. The fourth-order valence-electron chi connectivity index (χ4n) is 2.70. The van der Waals surface area contributed by atoms with E-state index in [-0.39, 0.29) is 21.7 Å². The van der Waals surface area contributed by atoms with Gasteiger partial charge in [-0.3, -0.25) is 4.90 Å². The van der Waals surface area contributed by atoms with E-state index in [0.29, 0.717) is 24.5 Å². The predicted octanol–water partition coefficient (Wildman–Crippen LogP) is 4.37. The van der Waals surface area contributed by atoms with E-state index in [9.17, 15) is 13.2 Å². The molecule has 0 spiro atoms. The number of carbonyl (C=O) groups excluding carboxylic acids is 1. The van der Waals surface area contributed by atoms with Crippen molar-refractivity contribution in [3.63, 3.8) is 0 Å². The zero-order valence-corrected chi connectivity index (χ0v) is 19.7. The van der Waals surface area contributed by atoms with E-state index in [0.717, 1.165) is 0 Å². The van der Waals surface area contributed by atoms with Gasteiger partial charge >= 0.3 is 16.1 Å². The topological polar surface area (TPSA) is 84.9 Å². The Bertz CT molecular complexity index is 1010. The summed E-state index contributed by atoms with van der Waals surface area (Å²) >= 11 is 0. The van der Waals surface area contributed by atoms with Gasteiger partial charge in [0.05, 0.1) is 0 Å². The maximum Gasteiger partial charge on any atom is 0.339 e. The lowest BCUT2D eigenvalue weighted by molar-refractivity contribution is 0.252. The van der Waals surface area contributed by atoms with Gasteiger partial charge in [-0.15, -0.1) is 0 Å². The van der Waals surface area contributed by atoms with Crippen LogP contribution in [0, 0.1) is 0 Å². The molecule has 2 amide bonds. The van der Waals surface area contributed by atoms with Crippen molar-refractivity contribution >= 4 is 30.2 Å². The molecule has 1 N–H and O–H groups in total. The van der Waals surface area contributed by atoms with Crippen molar-refractivity contribution in [3.8, 4) is 11.5 Å². The molecule has 162 valence electrons. The average Bonchev–Trinajstić information content (AvgIpc) is 3.08. The molecule has 1 heterocycles. The highest BCUT2D eigenvalue weighted by atomic mass is 32.2. The average molecular weight is 449 g/mol. The Morgan fingerprint density at radius 2 is 1.53 bits per heavy atom. The van der Waals surface area contributed by atoms with Gasteiger partial charge < -0.3 is 13.9 Å². The molecule has 1 aliphatic heterocycles. The summed E-state index contributed by atoms with van der Waals surface area (Å²) in [5, 5.41) is 2.77. The third kappa shape index (κ3) is 4.79. The summed E-state index contributed by atoms with van der Waals surface area (Å²) in [5.74, 6) is 0.903. The molecule has 1 saturated heterocycles. The second-order valence-electron chi connectivity index (χ2n) is 8.75. The fourth-order valence-corrected chi connectivity index (χ4v) is 4.66. The number of urea groups is 1. The SMILES string of the molecule is CC(C)(C)[Si](C)(C)Oc1ccc(OS(=O)(=O)c2ccc(N3CCNC3=O)cc2)cc1. The molecular formula is C21H28N2O5SSi. The van der Waals surface area contributed by atoms with Crippen LogP contribution in [0.3, 0.4) is 0 Å². The van der Waals surface area contributed by atoms with Gasteiger partial charge in [0.2, 0.25) is 8.32 Å². The first-order valence-electron chi connectivity index (χ1n) is 9.78. The van der Waals surface area contributed by atoms with Crippen molar-refractivity contribution in [1.29, 1.82) is 0 Å². The lowest BCUT2D eigenvalue weighted by atomic mass is 10.2. The molecule has 0 unspecified atom stereocenters. The molecule has 0 bridgehead atoms. The van der Waals surface area contributed by atoms with Gasteiger partial charge in [-0.05, 0) is 66.7 Å². The van der Waals surface area contributed by atoms with E-state index < -0.39 is 18.4 Å². The molecule has 2 aromatic rings. The van der Waals surface area contributed by atoms with Crippen LogP contribution >= 0.6 is 0 Å². The van der Waals surface area contributed by atoms with Crippen LogP contribution in [-0.4, -0.2) is 35.9 Å². The zero-order valence-electron chi connectivity index (χ0n) is 17.9. The number of benzene rings is 2. The van der Waals surface area contributed by atoms with Crippen molar-refractivity contribution in [2.75, 3.05) is 18.0 Å². The Balaban J connectivity index is 1.70. The van der Waals surface area contributed by atoms with Crippen LogP contribution in [0.25, 0.3) is 0 Å². The minimum Gasteiger partial charge on any atom is -0.543 e. The van der Waals surface area contributed by atoms with Crippen LogP contribution in [0.2, 0.25) is 18.1 Å². The monoisotopic (exact) mass is 448 g/mol. The minimum atomic E-state index is -3.99. The molecular weight excluding hydrogens is 420 g/mol.